The van der Waals surface area contributed by atoms with E-state index in [4.69, 9.17) is 0 Å². The van der Waals surface area contributed by atoms with Crippen LogP contribution in [0.25, 0.3) is 6.08 Å². The fourth-order valence-corrected chi connectivity index (χ4v) is 4.97. The summed E-state index contributed by atoms with van der Waals surface area (Å²) in [7, 11) is -0.693. The van der Waals surface area contributed by atoms with E-state index in [-0.39, 0.29) is 21.8 Å². The van der Waals surface area contributed by atoms with E-state index in [1.54, 1.807) is 6.07 Å². The zero-order chi connectivity index (χ0) is 17.4. The highest BCUT2D eigenvalue weighted by molar-refractivity contribution is 8.30. The molecule has 0 bridgehead atoms. The van der Waals surface area contributed by atoms with Gasteiger partial charge in [0.2, 0.25) is 0 Å². The van der Waals surface area contributed by atoms with Crippen molar-refractivity contribution >= 4 is 27.0 Å². The lowest BCUT2D eigenvalue weighted by atomic mass is 9.78. The van der Waals surface area contributed by atoms with E-state index in [0.29, 0.717) is 5.56 Å². The Kier molecular flexibility index (Phi) is 4.80. The highest BCUT2D eigenvalue weighted by Gasteiger charge is 2.42. The predicted octanol–water partition coefficient (Wildman–Crippen LogP) is 4.44. The first kappa shape index (κ1) is 17.6. The van der Waals surface area contributed by atoms with Gasteiger partial charge in [-0.3, -0.25) is 4.79 Å². The third-order valence-corrected chi connectivity index (χ3v) is 6.53. The summed E-state index contributed by atoms with van der Waals surface area (Å²) in [4.78, 5) is 13.3. The summed E-state index contributed by atoms with van der Waals surface area (Å²) >= 11 is 0. The lowest BCUT2D eigenvalue weighted by molar-refractivity contribution is -0.119. The molecule has 1 aromatic rings. The number of hydrogen-bond acceptors (Lipinski definition) is 2. The Labute approximate surface area is 146 Å². The Balaban J connectivity index is 1.88. The van der Waals surface area contributed by atoms with Gasteiger partial charge in [-0.2, -0.15) is 0 Å². The van der Waals surface area contributed by atoms with Crippen LogP contribution in [-0.2, 0) is 4.79 Å². The van der Waals surface area contributed by atoms with Crippen molar-refractivity contribution in [2.24, 2.45) is 10.8 Å². The van der Waals surface area contributed by atoms with Gasteiger partial charge in [0, 0.05) is 11.9 Å². The van der Waals surface area contributed by atoms with Crippen molar-refractivity contribution in [1.82, 2.24) is 5.32 Å². The molecule has 1 saturated heterocycles. The molecule has 1 radical (unpaired) electrons. The SMILES string of the molecule is CC(C)(C)CCC1(C(=O)S2=[C]c3cc(F)ccc3C=C2)CCNC1. The molecule has 0 saturated carbocycles. The van der Waals surface area contributed by atoms with Crippen molar-refractivity contribution in [3.8, 4) is 0 Å². The van der Waals surface area contributed by atoms with Crippen molar-refractivity contribution in [3.05, 3.63) is 40.6 Å². The quantitative estimate of drug-likeness (QED) is 0.820. The van der Waals surface area contributed by atoms with E-state index >= 15 is 0 Å². The van der Waals surface area contributed by atoms with E-state index in [0.717, 1.165) is 37.9 Å². The summed E-state index contributed by atoms with van der Waals surface area (Å²) in [5.41, 5.74) is 1.55. The fraction of sp³-hybridized carbons (Fsp3) is 0.500. The number of halogens is 1. The third-order valence-electron chi connectivity index (χ3n) is 4.85. The monoisotopic (exact) mass is 346 g/mol. The molecule has 2 nitrogen and oxygen atoms in total. The molecule has 1 N–H and O–H groups in total. The number of carbonyl (C=O) groups excluding carboxylic acids is 1. The van der Waals surface area contributed by atoms with Crippen molar-refractivity contribution < 1.29 is 9.18 Å². The maximum absolute atomic E-state index is 13.5. The molecule has 2 heterocycles. The van der Waals surface area contributed by atoms with E-state index < -0.39 is 10.5 Å². The highest BCUT2D eigenvalue weighted by Crippen LogP contribution is 2.43. The summed E-state index contributed by atoms with van der Waals surface area (Å²) in [6.07, 6.45) is 4.74. The molecule has 1 fully saturated rings. The van der Waals surface area contributed by atoms with Crippen LogP contribution in [0.5, 0.6) is 0 Å². The van der Waals surface area contributed by atoms with Gasteiger partial charge in [-0.25, -0.2) is 4.39 Å². The first-order valence-electron chi connectivity index (χ1n) is 8.52. The van der Waals surface area contributed by atoms with Crippen LogP contribution in [0.1, 0.15) is 51.2 Å². The number of hydrogen-bond donors (Lipinski definition) is 1. The van der Waals surface area contributed by atoms with Gasteiger partial charge in [0.25, 0.3) is 0 Å². The van der Waals surface area contributed by atoms with Crippen LogP contribution < -0.4 is 5.32 Å². The van der Waals surface area contributed by atoms with Gasteiger partial charge < -0.3 is 5.32 Å². The lowest BCUT2D eigenvalue weighted by Crippen LogP contribution is -2.33. The second-order valence-electron chi connectivity index (χ2n) is 8.03. The van der Waals surface area contributed by atoms with Gasteiger partial charge in [-0.1, -0.05) is 37.3 Å². The van der Waals surface area contributed by atoms with Crippen LogP contribution >= 0.6 is 10.5 Å². The molecule has 24 heavy (non-hydrogen) atoms. The molecule has 0 spiro atoms. The van der Waals surface area contributed by atoms with Crippen molar-refractivity contribution in [2.45, 2.75) is 40.0 Å². The number of carbonyl (C=O) groups is 1. The molecule has 0 aliphatic carbocycles. The smallest absolute Gasteiger partial charge is 0.195 e. The lowest BCUT2D eigenvalue weighted by Gasteiger charge is -2.31. The summed E-state index contributed by atoms with van der Waals surface area (Å²) < 4.78 is 13.5. The first-order chi connectivity index (χ1) is 11.3. The zero-order valence-electron chi connectivity index (χ0n) is 14.6. The van der Waals surface area contributed by atoms with Crippen LogP contribution in [0.15, 0.2) is 23.6 Å². The second-order valence-corrected chi connectivity index (χ2v) is 9.55. The van der Waals surface area contributed by atoms with Crippen LogP contribution in [-0.4, -0.2) is 23.6 Å². The van der Waals surface area contributed by atoms with Crippen LogP contribution in [0.2, 0.25) is 0 Å². The molecule has 3 rings (SSSR count). The average molecular weight is 346 g/mol. The standard InChI is InChI=1S/C20H25FNOS/c1-19(2,3)7-8-20(9-10-22-14-20)18(23)24-11-6-15-4-5-17(21)12-16(15)13-24/h4-6,11-12,22H,7-10,14H2,1-3H3. The van der Waals surface area contributed by atoms with Gasteiger partial charge in [0.1, 0.15) is 5.82 Å². The second kappa shape index (κ2) is 6.57. The Morgan fingerprint density at radius 2 is 2.21 bits per heavy atom. The van der Waals surface area contributed by atoms with Crippen LogP contribution in [0.4, 0.5) is 4.39 Å². The molecule has 0 amide bonds. The van der Waals surface area contributed by atoms with Gasteiger partial charge in [-0.15, -0.1) is 0 Å². The topological polar surface area (TPSA) is 29.1 Å². The Bertz CT molecular complexity index is 709. The molecule has 0 aromatic heterocycles. The summed E-state index contributed by atoms with van der Waals surface area (Å²) in [6.45, 7) is 8.29. The van der Waals surface area contributed by atoms with Gasteiger partial charge in [0.15, 0.2) is 5.12 Å². The molecule has 2 aliphatic heterocycles. The average Bonchev–Trinajstić information content (AvgIpc) is 3.01. The van der Waals surface area contributed by atoms with Gasteiger partial charge >= 0.3 is 0 Å². The van der Waals surface area contributed by atoms with Crippen molar-refractivity contribution in [3.63, 3.8) is 0 Å². The maximum atomic E-state index is 13.5. The summed E-state index contributed by atoms with van der Waals surface area (Å²) in [5.74, 6) is -0.280. The molecule has 4 heteroatoms. The van der Waals surface area contributed by atoms with Crippen molar-refractivity contribution in [1.29, 1.82) is 0 Å². The molecule has 2 unspecified atom stereocenters. The van der Waals surface area contributed by atoms with E-state index in [1.165, 1.54) is 12.1 Å². The zero-order valence-corrected chi connectivity index (χ0v) is 15.4. The third kappa shape index (κ3) is 3.70. The number of nitrogens with one attached hydrogen (secondary N) is 1. The molecule has 129 valence electrons. The van der Waals surface area contributed by atoms with Crippen LogP contribution in [0.3, 0.4) is 0 Å². The Hall–Kier alpha value is -1.26. The molecular formula is C20H25FNOS. The summed E-state index contributed by atoms with van der Waals surface area (Å²) in [6, 6.07) is 4.66. The number of benzene rings is 1. The maximum Gasteiger partial charge on any atom is 0.195 e. The van der Waals surface area contributed by atoms with Crippen LogP contribution in [0, 0.1) is 16.6 Å². The predicted molar refractivity (Wildman–Crippen MR) is 101 cm³/mol. The minimum Gasteiger partial charge on any atom is -0.316 e. The van der Waals surface area contributed by atoms with Crippen molar-refractivity contribution in [2.75, 3.05) is 13.1 Å². The number of fused-ring (bicyclic) bond motifs is 1. The van der Waals surface area contributed by atoms with Gasteiger partial charge in [-0.05, 0) is 66.0 Å². The normalized spacial score (nSPS) is 26.1. The highest BCUT2D eigenvalue weighted by atomic mass is 32.2. The Morgan fingerprint density at radius 3 is 2.88 bits per heavy atom. The fourth-order valence-electron chi connectivity index (χ4n) is 3.25. The Morgan fingerprint density at radius 1 is 1.42 bits per heavy atom. The minimum absolute atomic E-state index is 0.213. The molecule has 1 aromatic carbocycles. The van der Waals surface area contributed by atoms with E-state index in [2.05, 4.69) is 31.5 Å². The number of rotatable bonds is 3. The van der Waals surface area contributed by atoms with E-state index in [1.807, 2.05) is 11.5 Å². The molecule has 2 aliphatic rings. The summed E-state index contributed by atoms with van der Waals surface area (Å²) in [5, 5.41) is 8.83. The molecule has 2 atom stereocenters. The van der Waals surface area contributed by atoms with Gasteiger partial charge in [0.05, 0.1) is 5.41 Å². The largest absolute Gasteiger partial charge is 0.316 e. The minimum atomic E-state index is -0.693. The van der Waals surface area contributed by atoms with E-state index in [9.17, 15) is 9.18 Å². The first-order valence-corrected chi connectivity index (χ1v) is 9.81. The molecular weight excluding hydrogens is 321 g/mol.